The van der Waals surface area contributed by atoms with Crippen molar-refractivity contribution in [3.8, 4) is 0 Å². The van der Waals surface area contributed by atoms with Gasteiger partial charge in [0.15, 0.2) is 5.96 Å². The van der Waals surface area contributed by atoms with Gasteiger partial charge >= 0.3 is 0 Å². The maximum absolute atomic E-state index is 6.15. The lowest BCUT2D eigenvalue weighted by Crippen LogP contribution is -2.56. The molecule has 1 saturated heterocycles. The fourth-order valence-electron chi connectivity index (χ4n) is 2.68. The lowest BCUT2D eigenvalue weighted by atomic mass is 9.64. The molecule has 0 bridgehead atoms. The number of aliphatic imine (C=N–C) groups is 1. The molecule has 2 fully saturated rings. The molecule has 1 saturated carbocycles. The van der Waals surface area contributed by atoms with E-state index in [0.717, 1.165) is 37.0 Å². The van der Waals surface area contributed by atoms with Gasteiger partial charge in [-0.25, -0.2) is 4.99 Å². The first kappa shape index (κ1) is 18.4. The van der Waals surface area contributed by atoms with Crippen LogP contribution in [0.4, 0.5) is 0 Å². The summed E-state index contributed by atoms with van der Waals surface area (Å²) in [6, 6.07) is 0.297. The maximum Gasteiger partial charge on any atom is 0.191 e. The summed E-state index contributed by atoms with van der Waals surface area (Å²) in [4.78, 5) is 6.96. The van der Waals surface area contributed by atoms with Gasteiger partial charge in [-0.05, 0) is 20.3 Å². The van der Waals surface area contributed by atoms with Crippen LogP contribution in [-0.2, 0) is 4.74 Å². The minimum absolute atomic E-state index is 0. The van der Waals surface area contributed by atoms with Crippen LogP contribution in [-0.4, -0.2) is 53.7 Å². The number of guanidine groups is 1. The Morgan fingerprint density at radius 2 is 1.95 bits per heavy atom. The summed E-state index contributed by atoms with van der Waals surface area (Å²) in [5.41, 5.74) is 6.25. The largest absolute Gasteiger partial charge is 0.375 e. The van der Waals surface area contributed by atoms with Crippen molar-refractivity contribution in [2.24, 2.45) is 16.1 Å². The molecule has 0 aromatic heterocycles. The summed E-state index contributed by atoms with van der Waals surface area (Å²) in [5.74, 6) is 3.04. The molecule has 0 aromatic carbocycles. The Kier molecular flexibility index (Phi) is 6.92. The number of ether oxygens (including phenoxy) is 1. The Balaban J connectivity index is 0.00000200. The first-order valence-electron chi connectivity index (χ1n) is 7.22. The normalized spacial score (nSPS) is 29.9. The first-order valence-corrected chi connectivity index (χ1v) is 8.38. The summed E-state index contributed by atoms with van der Waals surface area (Å²) in [7, 11) is 0. The average molecular weight is 413 g/mol. The van der Waals surface area contributed by atoms with E-state index in [1.807, 2.05) is 11.8 Å². The van der Waals surface area contributed by atoms with Crippen molar-refractivity contribution in [3.63, 3.8) is 0 Å². The van der Waals surface area contributed by atoms with Crippen molar-refractivity contribution in [1.29, 1.82) is 0 Å². The lowest BCUT2D eigenvalue weighted by Gasteiger charge is -2.50. The van der Waals surface area contributed by atoms with E-state index in [1.165, 1.54) is 0 Å². The average Bonchev–Trinajstić information content (AvgIpc) is 2.38. The fourth-order valence-corrected chi connectivity index (χ4v) is 3.58. The maximum atomic E-state index is 6.15. The third-order valence-corrected chi connectivity index (χ3v) is 5.13. The van der Waals surface area contributed by atoms with Gasteiger partial charge in [0.05, 0.1) is 18.2 Å². The second kappa shape index (κ2) is 7.54. The van der Waals surface area contributed by atoms with Crippen molar-refractivity contribution in [1.82, 2.24) is 4.90 Å². The zero-order valence-corrected chi connectivity index (χ0v) is 16.1. The molecule has 0 radical (unpaired) electrons. The van der Waals surface area contributed by atoms with Gasteiger partial charge in [-0.1, -0.05) is 13.8 Å². The molecule has 2 unspecified atom stereocenters. The van der Waals surface area contributed by atoms with Crippen LogP contribution < -0.4 is 5.73 Å². The molecule has 2 N–H and O–H groups in total. The third-order valence-electron chi connectivity index (χ3n) is 4.19. The van der Waals surface area contributed by atoms with Gasteiger partial charge < -0.3 is 15.4 Å². The number of nitrogens with zero attached hydrogens (tertiary/aromatic N) is 2. The molecule has 118 valence electrons. The van der Waals surface area contributed by atoms with Crippen LogP contribution in [0.2, 0.25) is 0 Å². The standard InChI is InChI=1S/C14H27N3OS.HI/c1-10(2)18-12-9-11(14(12,3)4)16-13(15)17-5-7-19-8-6-17;/h10-12H,5-9H2,1-4H3,(H2,15,16);1H. The molecule has 0 spiro atoms. The fraction of sp³-hybridized carbons (Fsp3) is 0.929. The highest BCUT2D eigenvalue weighted by molar-refractivity contribution is 14.0. The van der Waals surface area contributed by atoms with Gasteiger partial charge in [0.1, 0.15) is 0 Å². The van der Waals surface area contributed by atoms with Crippen LogP contribution in [0.25, 0.3) is 0 Å². The van der Waals surface area contributed by atoms with Gasteiger partial charge in [-0.15, -0.1) is 24.0 Å². The van der Waals surface area contributed by atoms with E-state index in [1.54, 1.807) is 0 Å². The first-order chi connectivity index (χ1) is 8.91. The highest BCUT2D eigenvalue weighted by Crippen LogP contribution is 2.45. The SMILES string of the molecule is CC(C)OC1CC(N=C(N)N2CCSCC2)C1(C)C.I. The molecule has 1 heterocycles. The minimum Gasteiger partial charge on any atom is -0.375 e. The molecule has 0 amide bonds. The van der Waals surface area contributed by atoms with Crippen molar-refractivity contribution >= 4 is 41.7 Å². The van der Waals surface area contributed by atoms with Crippen molar-refractivity contribution in [2.75, 3.05) is 24.6 Å². The van der Waals surface area contributed by atoms with Crippen LogP contribution in [0.3, 0.4) is 0 Å². The van der Waals surface area contributed by atoms with Crippen LogP contribution >= 0.6 is 35.7 Å². The molecule has 6 heteroatoms. The Labute approximate surface area is 144 Å². The van der Waals surface area contributed by atoms with Crippen molar-refractivity contribution in [2.45, 2.75) is 52.4 Å². The number of nitrogens with two attached hydrogens (primary N) is 1. The van der Waals surface area contributed by atoms with E-state index in [4.69, 9.17) is 15.5 Å². The van der Waals surface area contributed by atoms with Gasteiger partial charge in [0.25, 0.3) is 0 Å². The number of hydrogen-bond acceptors (Lipinski definition) is 3. The van der Waals surface area contributed by atoms with Crippen LogP contribution in [0, 0.1) is 5.41 Å². The topological polar surface area (TPSA) is 50.9 Å². The summed E-state index contributed by atoms with van der Waals surface area (Å²) in [5, 5.41) is 0. The second-order valence-corrected chi connectivity index (χ2v) is 7.56. The van der Waals surface area contributed by atoms with Crippen LogP contribution in [0.15, 0.2) is 4.99 Å². The van der Waals surface area contributed by atoms with Gasteiger partial charge in [-0.3, -0.25) is 0 Å². The highest BCUT2D eigenvalue weighted by Gasteiger charge is 2.49. The summed E-state index contributed by atoms with van der Waals surface area (Å²) >= 11 is 1.99. The Morgan fingerprint density at radius 3 is 2.45 bits per heavy atom. The van der Waals surface area contributed by atoms with Crippen molar-refractivity contribution < 1.29 is 4.74 Å². The van der Waals surface area contributed by atoms with Crippen molar-refractivity contribution in [3.05, 3.63) is 0 Å². The van der Waals surface area contributed by atoms with E-state index in [9.17, 15) is 0 Å². The molecule has 4 nitrogen and oxygen atoms in total. The Bertz CT molecular complexity index is 343. The quantitative estimate of drug-likeness (QED) is 0.439. The van der Waals surface area contributed by atoms with Gasteiger partial charge in [-0.2, -0.15) is 11.8 Å². The molecule has 2 rings (SSSR count). The zero-order valence-electron chi connectivity index (χ0n) is 13.0. The Morgan fingerprint density at radius 1 is 1.35 bits per heavy atom. The predicted molar refractivity (Wildman–Crippen MR) is 98.1 cm³/mol. The van der Waals surface area contributed by atoms with E-state index in [0.29, 0.717) is 12.1 Å². The highest BCUT2D eigenvalue weighted by atomic mass is 127. The number of hydrogen-bond donors (Lipinski definition) is 1. The van der Waals surface area contributed by atoms with E-state index in [2.05, 4.69) is 32.6 Å². The smallest absolute Gasteiger partial charge is 0.191 e. The minimum atomic E-state index is 0. The molecule has 20 heavy (non-hydrogen) atoms. The zero-order chi connectivity index (χ0) is 14.0. The van der Waals surface area contributed by atoms with Gasteiger partial charge in [0, 0.05) is 30.0 Å². The molecule has 1 aliphatic heterocycles. The molecule has 2 aliphatic rings. The molecule has 0 aromatic rings. The van der Waals surface area contributed by atoms with E-state index in [-0.39, 0.29) is 35.5 Å². The molecule has 2 atom stereocenters. The van der Waals surface area contributed by atoms with Crippen LogP contribution in [0.1, 0.15) is 34.1 Å². The summed E-state index contributed by atoms with van der Waals surface area (Å²) in [6.45, 7) is 10.7. The second-order valence-electron chi connectivity index (χ2n) is 6.33. The molecular weight excluding hydrogens is 385 g/mol. The summed E-state index contributed by atoms with van der Waals surface area (Å²) < 4.78 is 5.93. The number of rotatable bonds is 3. The number of thioether (sulfide) groups is 1. The van der Waals surface area contributed by atoms with Gasteiger partial charge in [0.2, 0.25) is 0 Å². The third kappa shape index (κ3) is 4.16. The molecular formula is C14H28IN3OS. The Hall–Kier alpha value is 0.310. The predicted octanol–water partition coefficient (Wildman–Crippen LogP) is 2.56. The monoisotopic (exact) mass is 413 g/mol. The lowest BCUT2D eigenvalue weighted by molar-refractivity contribution is -0.129. The summed E-state index contributed by atoms with van der Waals surface area (Å²) in [6.07, 6.45) is 1.59. The molecule has 1 aliphatic carbocycles. The van der Waals surface area contributed by atoms with E-state index >= 15 is 0 Å². The van der Waals surface area contributed by atoms with Crippen LogP contribution in [0.5, 0.6) is 0 Å². The van der Waals surface area contributed by atoms with E-state index < -0.39 is 0 Å². The number of halogens is 1.